The van der Waals surface area contributed by atoms with Crippen LogP contribution in [0.5, 0.6) is 0 Å². The molecule has 0 heterocycles. The van der Waals surface area contributed by atoms with Crippen LogP contribution in [0.3, 0.4) is 0 Å². The van der Waals surface area contributed by atoms with Gasteiger partial charge in [-0.1, -0.05) is 27.2 Å². The first-order valence-electron chi connectivity index (χ1n) is 4.85. The SMILES string of the molecule is CCC(C)C(CC#N)[C](C)COC. The van der Waals surface area contributed by atoms with Gasteiger partial charge in [0, 0.05) is 19.4 Å². The van der Waals surface area contributed by atoms with E-state index in [1.54, 1.807) is 7.11 Å². The molecule has 0 bridgehead atoms. The van der Waals surface area contributed by atoms with Gasteiger partial charge in [0.1, 0.15) is 0 Å². The van der Waals surface area contributed by atoms with E-state index < -0.39 is 0 Å². The molecule has 0 aromatic rings. The molecule has 0 rings (SSSR count). The van der Waals surface area contributed by atoms with Gasteiger partial charge in [-0.2, -0.15) is 5.26 Å². The zero-order valence-electron chi connectivity index (χ0n) is 9.13. The average Bonchev–Trinajstić information content (AvgIpc) is 2.13. The molecule has 0 saturated heterocycles. The monoisotopic (exact) mass is 182 g/mol. The maximum Gasteiger partial charge on any atom is 0.0625 e. The predicted molar refractivity (Wildman–Crippen MR) is 54.0 cm³/mol. The van der Waals surface area contributed by atoms with Gasteiger partial charge in [0.15, 0.2) is 0 Å². The number of ether oxygens (including phenoxy) is 1. The second kappa shape index (κ2) is 6.91. The molecule has 1 radical (unpaired) electrons. The fourth-order valence-electron chi connectivity index (χ4n) is 1.58. The molecule has 0 aliphatic rings. The molecule has 2 nitrogen and oxygen atoms in total. The maximum atomic E-state index is 8.69. The second-order valence-corrected chi connectivity index (χ2v) is 3.63. The summed E-state index contributed by atoms with van der Waals surface area (Å²) in [5.74, 6) is 2.27. The van der Waals surface area contributed by atoms with Crippen molar-refractivity contribution in [3.63, 3.8) is 0 Å². The molecule has 13 heavy (non-hydrogen) atoms. The molecule has 0 amide bonds. The summed E-state index contributed by atoms with van der Waals surface area (Å²) in [6, 6.07) is 2.25. The number of nitrogens with zero attached hydrogens (tertiary/aromatic N) is 1. The van der Waals surface area contributed by atoms with Crippen molar-refractivity contribution in [1.29, 1.82) is 5.26 Å². The highest BCUT2D eigenvalue weighted by molar-refractivity contribution is 4.98. The summed E-state index contributed by atoms with van der Waals surface area (Å²) >= 11 is 0. The van der Waals surface area contributed by atoms with Crippen molar-refractivity contribution in [2.24, 2.45) is 11.8 Å². The van der Waals surface area contributed by atoms with Crippen LogP contribution in [0.2, 0.25) is 0 Å². The van der Waals surface area contributed by atoms with Crippen LogP contribution < -0.4 is 0 Å². The molecule has 0 aromatic carbocycles. The lowest BCUT2D eigenvalue weighted by Gasteiger charge is -2.25. The van der Waals surface area contributed by atoms with E-state index in [1.807, 2.05) is 0 Å². The Hall–Kier alpha value is -0.550. The van der Waals surface area contributed by atoms with Gasteiger partial charge in [0.25, 0.3) is 0 Å². The summed E-state index contributed by atoms with van der Waals surface area (Å²) < 4.78 is 5.08. The lowest BCUT2D eigenvalue weighted by Crippen LogP contribution is -2.20. The smallest absolute Gasteiger partial charge is 0.0625 e. The molecule has 0 spiro atoms. The van der Waals surface area contributed by atoms with Crippen LogP contribution in [0, 0.1) is 29.1 Å². The Balaban J connectivity index is 4.15. The second-order valence-electron chi connectivity index (χ2n) is 3.63. The van der Waals surface area contributed by atoms with Gasteiger partial charge in [0.05, 0.1) is 12.7 Å². The first-order valence-corrected chi connectivity index (χ1v) is 4.85. The lowest BCUT2D eigenvalue weighted by atomic mass is 9.80. The van der Waals surface area contributed by atoms with Crippen molar-refractivity contribution >= 4 is 0 Å². The van der Waals surface area contributed by atoms with E-state index in [9.17, 15) is 0 Å². The molecule has 0 saturated carbocycles. The summed E-state index contributed by atoms with van der Waals surface area (Å²) in [6.45, 7) is 7.12. The van der Waals surface area contributed by atoms with Crippen LogP contribution in [0.25, 0.3) is 0 Å². The van der Waals surface area contributed by atoms with Gasteiger partial charge in [-0.05, 0) is 11.8 Å². The van der Waals surface area contributed by atoms with Crippen molar-refractivity contribution in [3.05, 3.63) is 5.92 Å². The molecular weight excluding hydrogens is 162 g/mol. The summed E-state index contributed by atoms with van der Waals surface area (Å²) in [4.78, 5) is 0. The molecule has 0 aliphatic heterocycles. The maximum absolute atomic E-state index is 8.69. The first kappa shape index (κ1) is 12.4. The van der Waals surface area contributed by atoms with Gasteiger partial charge in [-0.3, -0.25) is 0 Å². The van der Waals surface area contributed by atoms with E-state index in [4.69, 9.17) is 10.00 Å². The molecule has 2 unspecified atom stereocenters. The van der Waals surface area contributed by atoms with Gasteiger partial charge in [-0.25, -0.2) is 0 Å². The Morgan fingerprint density at radius 2 is 2.15 bits per heavy atom. The molecule has 2 heteroatoms. The van der Waals surface area contributed by atoms with Crippen LogP contribution in [-0.2, 0) is 4.74 Å². The Morgan fingerprint density at radius 1 is 1.54 bits per heavy atom. The van der Waals surface area contributed by atoms with Gasteiger partial charge < -0.3 is 4.74 Å². The molecule has 0 aromatic heterocycles. The minimum atomic E-state index is 0.398. The van der Waals surface area contributed by atoms with E-state index in [2.05, 4.69) is 26.8 Å². The van der Waals surface area contributed by atoms with Gasteiger partial charge in [-0.15, -0.1) is 0 Å². The van der Waals surface area contributed by atoms with Crippen molar-refractivity contribution < 1.29 is 4.74 Å². The molecule has 0 fully saturated rings. The fourth-order valence-corrected chi connectivity index (χ4v) is 1.58. The highest BCUT2D eigenvalue weighted by Crippen LogP contribution is 2.28. The molecule has 2 atom stereocenters. The summed E-state index contributed by atoms with van der Waals surface area (Å²) in [5.41, 5.74) is 0. The van der Waals surface area contributed by atoms with Gasteiger partial charge in [0.2, 0.25) is 0 Å². The first-order chi connectivity index (χ1) is 6.17. The normalized spacial score (nSPS) is 15.4. The zero-order valence-corrected chi connectivity index (χ0v) is 9.13. The third kappa shape index (κ3) is 4.28. The summed E-state index contributed by atoms with van der Waals surface area (Å²) in [5, 5.41) is 8.69. The number of rotatable bonds is 6. The summed E-state index contributed by atoms with van der Waals surface area (Å²) in [7, 11) is 1.70. The van der Waals surface area contributed by atoms with Crippen molar-refractivity contribution in [2.45, 2.75) is 33.6 Å². The molecular formula is C11H20NO. The van der Waals surface area contributed by atoms with Crippen molar-refractivity contribution in [2.75, 3.05) is 13.7 Å². The van der Waals surface area contributed by atoms with E-state index >= 15 is 0 Å². The van der Waals surface area contributed by atoms with Crippen LogP contribution in [0.15, 0.2) is 0 Å². The molecule has 0 N–H and O–H groups in total. The van der Waals surface area contributed by atoms with Crippen LogP contribution in [0.1, 0.15) is 33.6 Å². The van der Waals surface area contributed by atoms with E-state index in [1.165, 1.54) is 5.92 Å². The highest BCUT2D eigenvalue weighted by atomic mass is 16.5. The minimum absolute atomic E-state index is 0.398. The topological polar surface area (TPSA) is 33.0 Å². The van der Waals surface area contributed by atoms with Gasteiger partial charge >= 0.3 is 0 Å². The Labute approximate surface area is 81.9 Å². The fraction of sp³-hybridized carbons (Fsp3) is 0.818. The van der Waals surface area contributed by atoms with Crippen LogP contribution in [0.4, 0.5) is 0 Å². The number of nitriles is 1. The van der Waals surface area contributed by atoms with Crippen molar-refractivity contribution in [1.82, 2.24) is 0 Å². The van der Waals surface area contributed by atoms with Crippen LogP contribution in [-0.4, -0.2) is 13.7 Å². The number of hydrogen-bond acceptors (Lipinski definition) is 2. The zero-order chi connectivity index (χ0) is 10.3. The lowest BCUT2D eigenvalue weighted by molar-refractivity contribution is 0.184. The molecule has 75 valence electrons. The Kier molecular flexibility index (Phi) is 6.62. The largest absolute Gasteiger partial charge is 0.384 e. The standard InChI is InChI=1S/C11H20NO/c1-5-9(2)11(6-7-12)10(3)8-13-4/h9,11H,5-6,8H2,1-4H3. The number of methoxy groups -OCH3 is 1. The average molecular weight is 182 g/mol. The number of hydrogen-bond donors (Lipinski definition) is 0. The quantitative estimate of drug-likeness (QED) is 0.632. The predicted octanol–water partition coefficient (Wildman–Crippen LogP) is 2.80. The third-order valence-corrected chi connectivity index (χ3v) is 2.65. The Bertz CT molecular complexity index is 162. The van der Waals surface area contributed by atoms with Crippen molar-refractivity contribution in [3.8, 4) is 6.07 Å². The minimum Gasteiger partial charge on any atom is -0.384 e. The Morgan fingerprint density at radius 3 is 2.54 bits per heavy atom. The third-order valence-electron chi connectivity index (χ3n) is 2.65. The van der Waals surface area contributed by atoms with Crippen LogP contribution >= 0.6 is 0 Å². The van der Waals surface area contributed by atoms with E-state index in [0.29, 0.717) is 24.9 Å². The molecule has 0 aliphatic carbocycles. The van der Waals surface area contributed by atoms with E-state index in [0.717, 1.165) is 6.42 Å². The van der Waals surface area contributed by atoms with E-state index in [-0.39, 0.29) is 0 Å². The summed E-state index contributed by atoms with van der Waals surface area (Å²) in [6.07, 6.45) is 1.73. The highest BCUT2D eigenvalue weighted by Gasteiger charge is 2.22.